The normalized spacial score (nSPS) is 10.7. The second kappa shape index (κ2) is 12.4. The lowest BCUT2D eigenvalue weighted by Crippen LogP contribution is -2.23. The molecule has 3 aromatic rings. The molecule has 1 aromatic heterocycles. The molecule has 0 spiro atoms. The summed E-state index contributed by atoms with van der Waals surface area (Å²) in [6.45, 7) is 7.39. The highest BCUT2D eigenvalue weighted by molar-refractivity contribution is 7.98. The van der Waals surface area contributed by atoms with Crippen molar-refractivity contribution in [2.75, 3.05) is 39.3 Å². The third-order valence-corrected chi connectivity index (χ3v) is 6.70. The van der Waals surface area contributed by atoms with E-state index in [1.54, 1.807) is 26.0 Å². The van der Waals surface area contributed by atoms with Crippen molar-refractivity contribution in [3.05, 3.63) is 70.4 Å². The number of aryl methyl sites for hydroxylation is 1. The topological polar surface area (TPSA) is 76.6 Å². The van der Waals surface area contributed by atoms with Crippen molar-refractivity contribution in [2.45, 2.75) is 38.1 Å². The fourth-order valence-electron chi connectivity index (χ4n) is 3.68. The molecular weight excluding hydrogens is 460 g/mol. The van der Waals surface area contributed by atoms with Gasteiger partial charge in [0.15, 0.2) is 16.7 Å². The molecule has 1 N–H and O–H groups in total. The number of amides is 1. The van der Waals surface area contributed by atoms with Gasteiger partial charge < -0.3 is 19.7 Å². The molecule has 2 aromatic carbocycles. The van der Waals surface area contributed by atoms with Gasteiger partial charge in [-0.3, -0.25) is 4.79 Å². The van der Waals surface area contributed by atoms with E-state index in [2.05, 4.69) is 30.3 Å². The molecule has 0 radical (unpaired) electrons. The molecular formula is C27H34N4O3S. The summed E-state index contributed by atoms with van der Waals surface area (Å²) in [5.74, 6) is 3.02. The van der Waals surface area contributed by atoms with E-state index in [0.29, 0.717) is 17.9 Å². The van der Waals surface area contributed by atoms with Crippen molar-refractivity contribution in [1.29, 1.82) is 0 Å². The molecule has 0 aliphatic carbocycles. The van der Waals surface area contributed by atoms with Gasteiger partial charge in [0.05, 0.1) is 14.2 Å². The summed E-state index contributed by atoms with van der Waals surface area (Å²) in [5, 5.41) is 3.57. The summed E-state index contributed by atoms with van der Waals surface area (Å²) >= 11 is 1.57. The number of anilines is 1. The van der Waals surface area contributed by atoms with Gasteiger partial charge in [-0.25, -0.2) is 9.97 Å². The van der Waals surface area contributed by atoms with E-state index in [1.807, 2.05) is 50.2 Å². The Balaban J connectivity index is 1.69. The fraction of sp³-hybridized carbons (Fsp3) is 0.370. The Morgan fingerprint density at radius 2 is 1.80 bits per heavy atom. The Kier molecular flexibility index (Phi) is 9.37. The van der Waals surface area contributed by atoms with E-state index in [-0.39, 0.29) is 5.91 Å². The molecule has 0 aliphatic heterocycles. The number of likely N-dealkylation sites (N-methyl/N-ethyl adjacent to an activating group) is 1. The zero-order valence-electron chi connectivity index (χ0n) is 21.3. The minimum atomic E-state index is -0.0554. The number of rotatable bonds is 11. The SMILES string of the molecule is CCNC(=O)c1cccc(CSc2nc(C)c(C)c(N(C)CCc3ccc(OC)c(OC)c3)n2)c1. The van der Waals surface area contributed by atoms with Gasteiger partial charge in [-0.1, -0.05) is 30.0 Å². The number of hydrogen-bond donors (Lipinski definition) is 1. The Hall–Kier alpha value is -3.26. The molecule has 7 nitrogen and oxygen atoms in total. The number of carbonyl (C=O) groups is 1. The maximum Gasteiger partial charge on any atom is 0.251 e. The Labute approximate surface area is 212 Å². The molecule has 0 saturated carbocycles. The highest BCUT2D eigenvalue weighted by Crippen LogP contribution is 2.29. The summed E-state index contributed by atoms with van der Waals surface area (Å²) < 4.78 is 10.8. The summed E-state index contributed by atoms with van der Waals surface area (Å²) in [6, 6.07) is 13.7. The zero-order chi connectivity index (χ0) is 25.4. The van der Waals surface area contributed by atoms with Crippen molar-refractivity contribution < 1.29 is 14.3 Å². The van der Waals surface area contributed by atoms with Crippen LogP contribution in [0.15, 0.2) is 47.6 Å². The van der Waals surface area contributed by atoms with E-state index >= 15 is 0 Å². The molecule has 0 saturated heterocycles. The molecule has 0 aliphatic rings. The Bertz CT molecular complexity index is 1170. The highest BCUT2D eigenvalue weighted by atomic mass is 32.2. The minimum absolute atomic E-state index is 0.0554. The van der Waals surface area contributed by atoms with E-state index in [0.717, 1.165) is 52.3 Å². The van der Waals surface area contributed by atoms with Crippen LogP contribution in [0.3, 0.4) is 0 Å². The van der Waals surface area contributed by atoms with Crippen molar-refractivity contribution in [3.8, 4) is 11.5 Å². The van der Waals surface area contributed by atoms with Gasteiger partial charge in [-0.2, -0.15) is 0 Å². The lowest BCUT2D eigenvalue weighted by atomic mass is 10.1. The second-order valence-corrected chi connectivity index (χ2v) is 9.19. The summed E-state index contributed by atoms with van der Waals surface area (Å²) in [5.41, 5.74) is 4.93. The van der Waals surface area contributed by atoms with Crippen molar-refractivity contribution in [1.82, 2.24) is 15.3 Å². The lowest BCUT2D eigenvalue weighted by molar-refractivity contribution is 0.0955. The summed E-state index contributed by atoms with van der Waals surface area (Å²) in [4.78, 5) is 23.9. The van der Waals surface area contributed by atoms with Crippen LogP contribution < -0.4 is 19.7 Å². The number of nitrogens with one attached hydrogen (secondary N) is 1. The third-order valence-electron chi connectivity index (χ3n) is 5.78. The first-order chi connectivity index (χ1) is 16.9. The molecule has 186 valence electrons. The maximum atomic E-state index is 12.1. The van der Waals surface area contributed by atoms with Gasteiger partial charge >= 0.3 is 0 Å². The number of thioether (sulfide) groups is 1. The van der Waals surface area contributed by atoms with Crippen molar-refractivity contribution in [3.63, 3.8) is 0 Å². The van der Waals surface area contributed by atoms with Crippen LogP contribution in [0.1, 0.15) is 39.7 Å². The molecule has 1 heterocycles. The number of benzene rings is 2. The van der Waals surface area contributed by atoms with Crippen LogP contribution in [0, 0.1) is 13.8 Å². The maximum absolute atomic E-state index is 12.1. The number of ether oxygens (including phenoxy) is 2. The second-order valence-electron chi connectivity index (χ2n) is 8.25. The number of methoxy groups -OCH3 is 2. The molecule has 0 bridgehead atoms. The minimum Gasteiger partial charge on any atom is -0.493 e. The van der Waals surface area contributed by atoms with Gasteiger partial charge in [-0.05, 0) is 62.6 Å². The van der Waals surface area contributed by atoms with Gasteiger partial charge in [0.2, 0.25) is 0 Å². The van der Waals surface area contributed by atoms with Gasteiger partial charge in [0.1, 0.15) is 5.82 Å². The largest absolute Gasteiger partial charge is 0.493 e. The number of nitrogens with zero attached hydrogens (tertiary/aromatic N) is 3. The zero-order valence-corrected chi connectivity index (χ0v) is 22.2. The molecule has 1 amide bonds. The highest BCUT2D eigenvalue weighted by Gasteiger charge is 2.14. The third kappa shape index (κ3) is 6.88. The van der Waals surface area contributed by atoms with Crippen LogP contribution in [-0.4, -0.2) is 50.2 Å². The first kappa shape index (κ1) is 26.3. The van der Waals surface area contributed by atoms with Crippen LogP contribution in [0.4, 0.5) is 5.82 Å². The van der Waals surface area contributed by atoms with E-state index < -0.39 is 0 Å². The van der Waals surface area contributed by atoms with E-state index in [9.17, 15) is 4.79 Å². The standard InChI is InChI=1S/C27H34N4O3S/c1-7-28-26(32)22-10-8-9-21(15-22)17-35-27-29-19(3)18(2)25(30-27)31(4)14-13-20-11-12-23(33-5)24(16-20)34-6/h8-12,15-16H,7,13-14,17H2,1-6H3,(H,28,32). The van der Waals surface area contributed by atoms with Gasteiger partial charge in [0, 0.05) is 42.7 Å². The quantitative estimate of drug-likeness (QED) is 0.302. The lowest BCUT2D eigenvalue weighted by Gasteiger charge is -2.22. The summed E-state index contributed by atoms with van der Waals surface area (Å²) in [7, 11) is 5.34. The van der Waals surface area contributed by atoms with Crippen LogP contribution in [0.25, 0.3) is 0 Å². The van der Waals surface area contributed by atoms with Crippen molar-refractivity contribution in [2.24, 2.45) is 0 Å². The molecule has 0 fully saturated rings. The number of aromatic nitrogens is 2. The van der Waals surface area contributed by atoms with Crippen LogP contribution in [0.5, 0.6) is 11.5 Å². The van der Waals surface area contributed by atoms with Gasteiger partial charge in [0.25, 0.3) is 5.91 Å². The monoisotopic (exact) mass is 494 g/mol. The first-order valence-electron chi connectivity index (χ1n) is 11.6. The van der Waals surface area contributed by atoms with Crippen LogP contribution in [-0.2, 0) is 12.2 Å². The average Bonchev–Trinajstić information content (AvgIpc) is 2.87. The Morgan fingerprint density at radius 3 is 2.51 bits per heavy atom. The predicted molar refractivity (Wildman–Crippen MR) is 142 cm³/mol. The average molecular weight is 495 g/mol. The summed E-state index contributed by atoms with van der Waals surface area (Å²) in [6.07, 6.45) is 0.842. The first-order valence-corrected chi connectivity index (χ1v) is 12.6. The predicted octanol–water partition coefficient (Wildman–Crippen LogP) is 4.83. The van der Waals surface area contributed by atoms with Crippen LogP contribution in [0.2, 0.25) is 0 Å². The molecule has 3 rings (SSSR count). The molecule has 35 heavy (non-hydrogen) atoms. The Morgan fingerprint density at radius 1 is 1.03 bits per heavy atom. The van der Waals surface area contributed by atoms with Crippen LogP contribution >= 0.6 is 11.8 Å². The number of carbonyl (C=O) groups excluding carboxylic acids is 1. The smallest absolute Gasteiger partial charge is 0.251 e. The molecule has 0 unspecified atom stereocenters. The van der Waals surface area contributed by atoms with Gasteiger partial charge in [-0.15, -0.1) is 0 Å². The van der Waals surface area contributed by atoms with E-state index in [4.69, 9.17) is 19.4 Å². The number of hydrogen-bond acceptors (Lipinski definition) is 7. The molecule has 0 atom stereocenters. The van der Waals surface area contributed by atoms with Crippen molar-refractivity contribution >= 4 is 23.5 Å². The molecule has 8 heteroatoms. The fourth-order valence-corrected chi connectivity index (χ4v) is 4.50. The van der Waals surface area contributed by atoms with E-state index in [1.165, 1.54) is 5.56 Å².